The van der Waals surface area contributed by atoms with Crippen LogP contribution in [0.15, 0.2) is 95.8 Å². The van der Waals surface area contributed by atoms with Gasteiger partial charge in [0.25, 0.3) is 11.5 Å². The lowest BCUT2D eigenvalue weighted by atomic mass is 10.1. The van der Waals surface area contributed by atoms with Gasteiger partial charge in [-0.1, -0.05) is 30.3 Å². The second kappa shape index (κ2) is 11.5. The third kappa shape index (κ3) is 6.70. The van der Waals surface area contributed by atoms with Gasteiger partial charge in [0.2, 0.25) is 0 Å². The summed E-state index contributed by atoms with van der Waals surface area (Å²) < 4.78 is 17.8. The van der Waals surface area contributed by atoms with E-state index in [2.05, 4.69) is 10.4 Å². The summed E-state index contributed by atoms with van der Waals surface area (Å²) in [4.78, 5) is 24.4. The Labute approximate surface area is 202 Å². The molecule has 0 atom stereocenters. The number of nitrogens with zero attached hydrogens (tertiary/aromatic N) is 2. The first kappa shape index (κ1) is 23.6. The Hall–Kier alpha value is -4.59. The Morgan fingerprint density at radius 3 is 2.34 bits per heavy atom. The minimum absolute atomic E-state index is 0.148. The number of hydrogen-bond donors (Lipinski definition) is 1. The van der Waals surface area contributed by atoms with Crippen molar-refractivity contribution in [2.24, 2.45) is 0 Å². The van der Waals surface area contributed by atoms with E-state index < -0.39 is 0 Å². The van der Waals surface area contributed by atoms with Gasteiger partial charge in [-0.25, -0.2) is 4.68 Å². The number of carbonyl (C=O) groups excluding carboxylic acids is 1. The molecule has 1 aromatic heterocycles. The van der Waals surface area contributed by atoms with Crippen LogP contribution >= 0.6 is 0 Å². The molecule has 0 spiro atoms. The zero-order valence-electron chi connectivity index (χ0n) is 19.2. The molecule has 1 amide bonds. The Balaban J connectivity index is 1.25. The molecule has 0 saturated heterocycles. The van der Waals surface area contributed by atoms with Gasteiger partial charge in [0.1, 0.15) is 23.0 Å². The first-order chi connectivity index (χ1) is 17.1. The van der Waals surface area contributed by atoms with Crippen LogP contribution in [0, 0.1) is 0 Å². The predicted octanol–water partition coefficient (Wildman–Crippen LogP) is 3.91. The predicted molar refractivity (Wildman–Crippen MR) is 132 cm³/mol. The molecule has 0 aliphatic heterocycles. The van der Waals surface area contributed by atoms with Crippen molar-refractivity contribution >= 4 is 5.91 Å². The molecule has 8 heteroatoms. The smallest absolute Gasteiger partial charge is 0.266 e. The van der Waals surface area contributed by atoms with Crippen molar-refractivity contribution in [1.29, 1.82) is 0 Å². The number of benzene rings is 3. The quantitative estimate of drug-likeness (QED) is 0.377. The average Bonchev–Trinajstić information content (AvgIpc) is 2.90. The number of methoxy groups -OCH3 is 1. The fourth-order valence-electron chi connectivity index (χ4n) is 3.28. The van der Waals surface area contributed by atoms with Gasteiger partial charge in [-0.15, -0.1) is 0 Å². The molecular weight excluding hydrogens is 446 g/mol. The van der Waals surface area contributed by atoms with E-state index in [1.165, 1.54) is 10.7 Å². The van der Waals surface area contributed by atoms with Crippen molar-refractivity contribution in [3.05, 3.63) is 101 Å². The van der Waals surface area contributed by atoms with Crippen LogP contribution in [0.25, 0.3) is 11.3 Å². The molecule has 178 valence electrons. The highest BCUT2D eigenvalue weighted by molar-refractivity contribution is 5.77. The van der Waals surface area contributed by atoms with Crippen LogP contribution in [-0.4, -0.2) is 35.9 Å². The maximum Gasteiger partial charge on any atom is 0.266 e. The summed E-state index contributed by atoms with van der Waals surface area (Å²) in [5.41, 5.74) is 1.22. The highest BCUT2D eigenvalue weighted by atomic mass is 16.5. The molecule has 35 heavy (non-hydrogen) atoms. The maximum atomic E-state index is 12.2. The lowest BCUT2D eigenvalue weighted by molar-refractivity contribution is -0.123. The molecule has 0 aliphatic rings. The summed E-state index contributed by atoms with van der Waals surface area (Å²) in [6.07, 6.45) is 0. The first-order valence-electron chi connectivity index (χ1n) is 11.1. The van der Waals surface area contributed by atoms with Gasteiger partial charge in [-0.3, -0.25) is 9.59 Å². The number of aromatic nitrogens is 2. The van der Waals surface area contributed by atoms with Gasteiger partial charge < -0.3 is 19.5 Å². The average molecular weight is 472 g/mol. The normalized spacial score (nSPS) is 10.4. The van der Waals surface area contributed by atoms with Crippen molar-refractivity contribution in [1.82, 2.24) is 15.1 Å². The number of hydrogen-bond acceptors (Lipinski definition) is 6. The van der Waals surface area contributed by atoms with E-state index >= 15 is 0 Å². The van der Waals surface area contributed by atoms with E-state index in [9.17, 15) is 9.59 Å². The monoisotopic (exact) mass is 471 g/mol. The van der Waals surface area contributed by atoms with Crippen molar-refractivity contribution in [3.8, 4) is 34.3 Å². The van der Waals surface area contributed by atoms with Crippen LogP contribution < -0.4 is 25.1 Å². The Bertz CT molecular complexity index is 1320. The highest BCUT2D eigenvalue weighted by Gasteiger charge is 2.07. The zero-order chi connectivity index (χ0) is 24.5. The first-order valence-corrected chi connectivity index (χ1v) is 11.1. The zero-order valence-corrected chi connectivity index (χ0v) is 19.2. The number of ether oxygens (including phenoxy) is 3. The molecule has 0 fully saturated rings. The van der Waals surface area contributed by atoms with Gasteiger partial charge in [0.15, 0.2) is 6.61 Å². The van der Waals surface area contributed by atoms with E-state index in [1.807, 2.05) is 54.6 Å². The Morgan fingerprint density at radius 2 is 1.57 bits per heavy atom. The van der Waals surface area contributed by atoms with Gasteiger partial charge in [0.05, 0.1) is 19.3 Å². The van der Waals surface area contributed by atoms with Gasteiger partial charge in [-0.05, 0) is 54.6 Å². The van der Waals surface area contributed by atoms with Crippen LogP contribution in [0.4, 0.5) is 0 Å². The Morgan fingerprint density at radius 1 is 0.857 bits per heavy atom. The minimum Gasteiger partial charge on any atom is -0.497 e. The van der Waals surface area contributed by atoms with E-state index in [0.29, 0.717) is 22.9 Å². The molecule has 1 heterocycles. The number of rotatable bonds is 10. The van der Waals surface area contributed by atoms with Crippen molar-refractivity contribution in [2.75, 3.05) is 20.3 Å². The van der Waals surface area contributed by atoms with E-state index in [1.54, 1.807) is 37.4 Å². The summed E-state index contributed by atoms with van der Waals surface area (Å²) in [5.74, 6) is 2.36. The van der Waals surface area contributed by atoms with Gasteiger partial charge >= 0.3 is 0 Å². The molecule has 0 aliphatic carbocycles. The summed E-state index contributed by atoms with van der Waals surface area (Å²) in [6.45, 7) is 0.319. The molecule has 3 aromatic carbocycles. The van der Waals surface area contributed by atoms with Crippen molar-refractivity contribution in [2.45, 2.75) is 6.54 Å². The molecule has 8 nitrogen and oxygen atoms in total. The van der Waals surface area contributed by atoms with Crippen LogP contribution in [0.1, 0.15) is 0 Å². The van der Waals surface area contributed by atoms with Gasteiger partial charge in [-0.2, -0.15) is 5.10 Å². The van der Waals surface area contributed by atoms with Crippen LogP contribution in [0.2, 0.25) is 0 Å². The topological polar surface area (TPSA) is 91.7 Å². The SMILES string of the molecule is COc1cccc(-c2ccc(=O)n(CCNC(=O)COc3ccc(Oc4ccccc4)cc3)n2)c1. The molecule has 0 saturated carbocycles. The fraction of sp³-hybridized carbons (Fsp3) is 0.148. The van der Waals surface area contributed by atoms with Crippen molar-refractivity contribution < 1.29 is 19.0 Å². The number of amides is 1. The molecule has 4 rings (SSSR count). The lowest BCUT2D eigenvalue weighted by Crippen LogP contribution is -2.34. The summed E-state index contributed by atoms with van der Waals surface area (Å²) in [5, 5.41) is 7.14. The second-order valence-corrected chi connectivity index (χ2v) is 7.54. The largest absolute Gasteiger partial charge is 0.497 e. The Kier molecular flexibility index (Phi) is 7.75. The number of nitrogens with one attached hydrogen (secondary N) is 1. The van der Waals surface area contributed by atoms with Crippen LogP contribution in [0.3, 0.4) is 0 Å². The van der Waals surface area contributed by atoms with E-state index in [-0.39, 0.29) is 31.2 Å². The molecule has 0 radical (unpaired) electrons. The van der Waals surface area contributed by atoms with Crippen molar-refractivity contribution in [3.63, 3.8) is 0 Å². The molecule has 0 bridgehead atoms. The number of carbonyl (C=O) groups is 1. The third-order valence-corrected chi connectivity index (χ3v) is 5.05. The molecule has 4 aromatic rings. The second-order valence-electron chi connectivity index (χ2n) is 7.54. The fourth-order valence-corrected chi connectivity index (χ4v) is 3.28. The highest BCUT2D eigenvalue weighted by Crippen LogP contribution is 2.23. The maximum absolute atomic E-state index is 12.2. The number of para-hydroxylation sites is 1. The third-order valence-electron chi connectivity index (χ3n) is 5.05. The molecule has 0 unspecified atom stereocenters. The molecular formula is C27H25N3O5. The summed E-state index contributed by atoms with van der Waals surface area (Å²) in [7, 11) is 1.59. The minimum atomic E-state index is -0.299. The van der Waals surface area contributed by atoms with Gasteiger partial charge in [0, 0.05) is 18.2 Å². The van der Waals surface area contributed by atoms with Crippen LogP contribution in [-0.2, 0) is 11.3 Å². The standard InChI is InChI=1S/C27H25N3O5/c1-33-24-9-5-6-20(18-24)25-14-15-27(32)30(29-25)17-16-28-26(31)19-34-21-10-12-23(13-11-21)35-22-7-3-2-4-8-22/h2-15,18H,16-17,19H2,1H3,(H,28,31). The van der Waals surface area contributed by atoms with E-state index in [0.717, 1.165) is 11.3 Å². The van der Waals surface area contributed by atoms with E-state index in [4.69, 9.17) is 14.2 Å². The summed E-state index contributed by atoms with van der Waals surface area (Å²) in [6, 6.07) is 27.0. The van der Waals surface area contributed by atoms with Crippen LogP contribution in [0.5, 0.6) is 23.0 Å². The lowest BCUT2D eigenvalue weighted by Gasteiger charge is -2.10. The molecule has 1 N–H and O–H groups in total. The summed E-state index contributed by atoms with van der Waals surface area (Å²) >= 11 is 0.